The van der Waals surface area contributed by atoms with Crippen molar-refractivity contribution in [2.24, 2.45) is 11.8 Å². The summed E-state index contributed by atoms with van der Waals surface area (Å²) in [7, 11) is -9.21. The van der Waals surface area contributed by atoms with Crippen LogP contribution < -0.4 is 0 Å². The molecule has 0 aliphatic rings. The Bertz CT molecular complexity index is 1010. The number of allylic oxidation sites excluding steroid dienone is 2. The number of unbranched alkanes of at least 4 members (excludes halogenated alkanes) is 30. The zero-order valence-corrected chi connectivity index (χ0v) is 43.0. The Morgan fingerprint density at radius 1 is 0.373 bits per heavy atom. The van der Waals surface area contributed by atoms with Crippen LogP contribution in [0.1, 0.15) is 259 Å². The number of hydrogen-bond acceptors (Lipinski definition) is 8. The molecule has 0 radical (unpaired) electrons. The monoisotopic (exact) mass is 903 g/mol. The quantitative estimate of drug-likeness (QED) is 0.0194. The van der Waals surface area contributed by atoms with Gasteiger partial charge in [0.2, 0.25) is 20.8 Å². The minimum atomic E-state index is -4.60. The van der Waals surface area contributed by atoms with Gasteiger partial charge in [0.15, 0.2) is 0 Å². The maximum absolute atomic E-state index is 10.8. The SMILES string of the molecule is CCCCCCC/C=C/C(CCCCCCCCCCCCC)COS(=O)(=O)[O-].CCCCCCC/C=C/C(CCCCCCCCCCCCC)COS(=O)(=O)[O-].[Ca+2]. The second kappa shape index (κ2) is 49.5. The summed E-state index contributed by atoms with van der Waals surface area (Å²) in [5, 5.41) is 0. The molecule has 0 aromatic carbocycles. The fourth-order valence-corrected chi connectivity index (χ4v) is 7.94. The van der Waals surface area contributed by atoms with Gasteiger partial charge in [0.05, 0.1) is 13.2 Å². The van der Waals surface area contributed by atoms with Crippen LogP contribution in [0.25, 0.3) is 0 Å². The number of hydrogen-bond donors (Lipinski definition) is 0. The third kappa shape index (κ3) is 58.5. The second-order valence-corrected chi connectivity index (χ2v) is 18.9. The maximum atomic E-state index is 10.8. The third-order valence-corrected chi connectivity index (χ3v) is 11.8. The Labute approximate surface area is 398 Å². The van der Waals surface area contributed by atoms with Crippen LogP contribution >= 0.6 is 0 Å². The van der Waals surface area contributed by atoms with Gasteiger partial charge in [0, 0.05) is 11.8 Å². The predicted octanol–water partition coefficient (Wildman–Crippen LogP) is 15.0. The van der Waals surface area contributed by atoms with Crippen molar-refractivity contribution >= 4 is 58.5 Å². The largest absolute Gasteiger partial charge is 2.00 e. The van der Waals surface area contributed by atoms with Crippen molar-refractivity contribution in [1.29, 1.82) is 0 Å². The van der Waals surface area contributed by atoms with E-state index in [1.807, 2.05) is 0 Å². The molecule has 348 valence electrons. The molecule has 0 bridgehead atoms. The van der Waals surface area contributed by atoms with Crippen molar-refractivity contribution in [1.82, 2.24) is 0 Å². The Hall–Kier alpha value is 0.480. The molecule has 0 amide bonds. The van der Waals surface area contributed by atoms with E-state index >= 15 is 0 Å². The molecule has 0 N–H and O–H groups in total. The van der Waals surface area contributed by atoms with Crippen molar-refractivity contribution in [2.75, 3.05) is 13.2 Å². The fourth-order valence-electron chi connectivity index (χ4n) is 7.26. The Morgan fingerprint density at radius 2 is 0.593 bits per heavy atom. The third-order valence-electron chi connectivity index (χ3n) is 11.0. The van der Waals surface area contributed by atoms with Crippen molar-refractivity contribution in [3.05, 3.63) is 24.3 Å². The topological polar surface area (TPSA) is 133 Å². The van der Waals surface area contributed by atoms with E-state index in [0.717, 1.165) is 38.5 Å². The van der Waals surface area contributed by atoms with Gasteiger partial charge in [-0.15, -0.1) is 0 Å². The van der Waals surface area contributed by atoms with Crippen LogP contribution in [0.2, 0.25) is 0 Å². The summed E-state index contributed by atoms with van der Waals surface area (Å²) in [6.45, 7) is 8.89. The molecular formula is C48H94CaO8S2. The van der Waals surface area contributed by atoms with E-state index < -0.39 is 20.8 Å². The van der Waals surface area contributed by atoms with E-state index in [1.165, 1.54) is 193 Å². The van der Waals surface area contributed by atoms with Crippen LogP contribution in [0.3, 0.4) is 0 Å². The predicted molar refractivity (Wildman–Crippen MR) is 251 cm³/mol. The van der Waals surface area contributed by atoms with Crippen molar-refractivity contribution < 1.29 is 34.3 Å². The fraction of sp³-hybridized carbons (Fsp3) is 0.917. The minimum absolute atomic E-state index is 0. The first-order valence-corrected chi connectivity index (χ1v) is 27.2. The summed E-state index contributed by atoms with van der Waals surface area (Å²) in [4.78, 5) is 0. The summed E-state index contributed by atoms with van der Waals surface area (Å²) >= 11 is 0. The van der Waals surface area contributed by atoms with Gasteiger partial charge in [-0.05, 0) is 38.5 Å². The first kappa shape index (κ1) is 63.8. The van der Waals surface area contributed by atoms with E-state index in [-0.39, 0.29) is 62.8 Å². The summed E-state index contributed by atoms with van der Waals surface area (Å²) in [6, 6.07) is 0. The van der Waals surface area contributed by atoms with Crippen LogP contribution in [0.15, 0.2) is 24.3 Å². The zero-order chi connectivity index (χ0) is 43.3. The molecule has 0 saturated carbocycles. The molecule has 0 saturated heterocycles. The zero-order valence-electron chi connectivity index (χ0n) is 39.1. The molecule has 8 nitrogen and oxygen atoms in total. The van der Waals surface area contributed by atoms with Gasteiger partial charge in [-0.25, -0.2) is 16.8 Å². The van der Waals surface area contributed by atoms with Crippen LogP contribution in [0.4, 0.5) is 0 Å². The average Bonchev–Trinajstić information content (AvgIpc) is 3.18. The Kier molecular flexibility index (Phi) is 53.5. The Balaban J connectivity index is -0.00000105. The summed E-state index contributed by atoms with van der Waals surface area (Å²) in [5.74, 6) is 0.0425. The molecule has 2 unspecified atom stereocenters. The molecule has 0 aliphatic heterocycles. The smallest absolute Gasteiger partial charge is 0.726 e. The van der Waals surface area contributed by atoms with E-state index in [9.17, 15) is 25.9 Å². The molecule has 0 aromatic rings. The molecule has 59 heavy (non-hydrogen) atoms. The van der Waals surface area contributed by atoms with Gasteiger partial charge < -0.3 is 9.11 Å². The minimum Gasteiger partial charge on any atom is -0.726 e. The van der Waals surface area contributed by atoms with Gasteiger partial charge in [-0.3, -0.25) is 8.37 Å². The molecule has 0 aliphatic carbocycles. The summed E-state index contributed by atoms with van der Waals surface area (Å²) in [6.07, 6.45) is 53.1. The molecule has 2 atom stereocenters. The molecule has 0 heterocycles. The van der Waals surface area contributed by atoms with Crippen LogP contribution in [0, 0.1) is 11.8 Å². The van der Waals surface area contributed by atoms with Gasteiger partial charge in [-0.2, -0.15) is 0 Å². The van der Waals surface area contributed by atoms with E-state index in [1.54, 1.807) is 0 Å². The van der Waals surface area contributed by atoms with Crippen LogP contribution in [0.5, 0.6) is 0 Å². The average molecular weight is 903 g/mol. The van der Waals surface area contributed by atoms with Crippen molar-refractivity contribution in [3.63, 3.8) is 0 Å². The van der Waals surface area contributed by atoms with E-state index in [4.69, 9.17) is 0 Å². The molecule has 0 aromatic heterocycles. The van der Waals surface area contributed by atoms with E-state index in [2.05, 4.69) is 60.4 Å². The summed E-state index contributed by atoms with van der Waals surface area (Å²) in [5.41, 5.74) is 0. The standard InChI is InChI=1S/2C24H48O4S.Ca/c2*1-3-5-7-9-11-12-13-14-16-18-20-22-24(23-28-29(25,26)27)21-19-17-15-10-8-6-4-2;/h2*19,21,24H,3-18,20,22-23H2,1-2H3,(H,25,26,27);/q;;+2/p-2/b2*21-19+;. The molecular weight excluding hydrogens is 809 g/mol. The van der Waals surface area contributed by atoms with Crippen LogP contribution in [-0.2, 0) is 29.2 Å². The van der Waals surface area contributed by atoms with Gasteiger partial charge >= 0.3 is 37.7 Å². The van der Waals surface area contributed by atoms with E-state index in [0.29, 0.717) is 0 Å². The van der Waals surface area contributed by atoms with Crippen molar-refractivity contribution in [2.45, 2.75) is 259 Å². The first-order valence-electron chi connectivity index (χ1n) is 24.5. The van der Waals surface area contributed by atoms with Crippen molar-refractivity contribution in [3.8, 4) is 0 Å². The molecule has 11 heteroatoms. The van der Waals surface area contributed by atoms with Crippen LogP contribution in [-0.4, -0.2) is 76.9 Å². The summed E-state index contributed by atoms with van der Waals surface area (Å²) < 4.78 is 73.7. The second-order valence-electron chi connectivity index (χ2n) is 16.8. The molecule has 0 fully saturated rings. The Morgan fingerprint density at radius 3 is 0.831 bits per heavy atom. The molecule has 0 spiro atoms. The van der Waals surface area contributed by atoms with Gasteiger partial charge in [-0.1, -0.05) is 245 Å². The first-order chi connectivity index (χ1) is 28.0. The van der Waals surface area contributed by atoms with Gasteiger partial charge in [0.1, 0.15) is 0 Å². The normalized spacial score (nSPS) is 13.1. The number of rotatable bonds is 44. The maximum Gasteiger partial charge on any atom is 2.00 e. The van der Waals surface area contributed by atoms with Gasteiger partial charge in [0.25, 0.3) is 0 Å². The molecule has 0 rings (SSSR count).